The van der Waals surface area contributed by atoms with Crippen LogP contribution >= 0.6 is 22.6 Å². The summed E-state index contributed by atoms with van der Waals surface area (Å²) < 4.78 is 20.3. The predicted molar refractivity (Wildman–Crippen MR) is 112 cm³/mol. The summed E-state index contributed by atoms with van der Waals surface area (Å²) in [7, 11) is -2.87. The molecule has 0 amide bonds. The summed E-state index contributed by atoms with van der Waals surface area (Å²) in [5, 5.41) is 1.13. The summed E-state index contributed by atoms with van der Waals surface area (Å²) in [5.41, 5.74) is 1.25. The molecule has 3 nitrogen and oxygen atoms in total. The molecular formula is C19H33IO3Si. The number of benzene rings is 1. The quantitative estimate of drug-likeness (QED) is 0.228. The highest BCUT2D eigenvalue weighted by Gasteiger charge is 2.45. The zero-order valence-corrected chi connectivity index (χ0v) is 18.9. The first-order chi connectivity index (χ1) is 11.6. The first-order valence-corrected chi connectivity index (χ1v) is 12.1. The third-order valence-electron chi connectivity index (χ3n) is 3.89. The molecule has 1 aromatic carbocycles. The molecule has 0 N–H and O–H groups in total. The summed E-state index contributed by atoms with van der Waals surface area (Å²) in [6.07, 6.45) is 6.43. The Morgan fingerprint density at radius 1 is 0.833 bits per heavy atom. The van der Waals surface area contributed by atoms with Crippen molar-refractivity contribution in [2.45, 2.75) is 66.2 Å². The molecule has 0 aliphatic heterocycles. The van der Waals surface area contributed by atoms with Crippen LogP contribution < -0.4 is 5.19 Å². The molecule has 0 saturated carbocycles. The second-order valence-electron chi connectivity index (χ2n) is 6.10. The number of unbranched alkanes of at least 4 members (excludes halogenated alkanes) is 3. The normalized spacial score (nSPS) is 11.9. The van der Waals surface area contributed by atoms with Crippen LogP contribution in [-0.2, 0) is 13.3 Å². The SMILES string of the molecule is CCCCO[Si](OCCCC)(OCCCC)c1cccc(C)c1I. The van der Waals surface area contributed by atoms with E-state index in [9.17, 15) is 0 Å². The van der Waals surface area contributed by atoms with Gasteiger partial charge in [0.05, 0.1) is 0 Å². The van der Waals surface area contributed by atoms with E-state index in [1.807, 2.05) is 0 Å². The number of aryl methyl sites for hydroxylation is 1. The van der Waals surface area contributed by atoms with Crippen LogP contribution in [0.3, 0.4) is 0 Å². The molecule has 0 radical (unpaired) electrons. The molecule has 138 valence electrons. The Bertz CT molecular complexity index is 441. The minimum absolute atomic E-state index is 0.699. The average molecular weight is 464 g/mol. The molecule has 1 rings (SSSR count). The highest BCUT2D eigenvalue weighted by molar-refractivity contribution is 14.1. The van der Waals surface area contributed by atoms with Crippen molar-refractivity contribution in [1.29, 1.82) is 0 Å². The molecule has 0 atom stereocenters. The van der Waals surface area contributed by atoms with Crippen molar-refractivity contribution in [2.24, 2.45) is 0 Å². The Hall–Kier alpha value is 0.0469. The summed E-state index contributed by atoms with van der Waals surface area (Å²) in [4.78, 5) is 0. The molecule has 0 saturated heterocycles. The molecular weight excluding hydrogens is 431 g/mol. The zero-order chi connectivity index (χ0) is 17.8. The van der Waals surface area contributed by atoms with E-state index in [0.29, 0.717) is 19.8 Å². The third kappa shape index (κ3) is 6.75. The van der Waals surface area contributed by atoms with E-state index in [0.717, 1.165) is 43.7 Å². The second-order valence-corrected chi connectivity index (χ2v) is 9.69. The maximum Gasteiger partial charge on any atom is 0.538 e. The van der Waals surface area contributed by atoms with E-state index < -0.39 is 8.80 Å². The van der Waals surface area contributed by atoms with Gasteiger partial charge in [-0.05, 0) is 54.3 Å². The van der Waals surface area contributed by atoms with Gasteiger partial charge in [-0.15, -0.1) is 0 Å². The fourth-order valence-corrected chi connectivity index (χ4v) is 6.37. The van der Waals surface area contributed by atoms with Crippen molar-refractivity contribution in [2.75, 3.05) is 19.8 Å². The van der Waals surface area contributed by atoms with Gasteiger partial charge in [0.1, 0.15) is 0 Å². The summed E-state index contributed by atoms with van der Waals surface area (Å²) in [6, 6.07) is 6.35. The highest BCUT2D eigenvalue weighted by Crippen LogP contribution is 2.19. The number of hydrogen-bond acceptors (Lipinski definition) is 3. The zero-order valence-electron chi connectivity index (χ0n) is 15.7. The molecule has 0 bridgehead atoms. The molecule has 24 heavy (non-hydrogen) atoms. The third-order valence-corrected chi connectivity index (χ3v) is 8.66. The van der Waals surface area contributed by atoms with E-state index in [1.165, 1.54) is 9.13 Å². The van der Waals surface area contributed by atoms with Gasteiger partial charge in [-0.25, -0.2) is 0 Å². The fraction of sp³-hybridized carbons (Fsp3) is 0.684. The Morgan fingerprint density at radius 3 is 1.71 bits per heavy atom. The summed E-state index contributed by atoms with van der Waals surface area (Å²) >= 11 is 2.41. The molecule has 0 unspecified atom stereocenters. The number of halogens is 1. The van der Waals surface area contributed by atoms with Crippen LogP contribution in [0.1, 0.15) is 64.9 Å². The maximum atomic E-state index is 6.37. The molecule has 0 spiro atoms. The summed E-state index contributed by atoms with van der Waals surface area (Å²) in [6.45, 7) is 10.8. The van der Waals surface area contributed by atoms with Gasteiger partial charge in [0.25, 0.3) is 0 Å². The van der Waals surface area contributed by atoms with Crippen LogP contribution in [0.15, 0.2) is 18.2 Å². The van der Waals surface area contributed by atoms with Gasteiger partial charge in [0, 0.05) is 28.6 Å². The van der Waals surface area contributed by atoms with E-state index in [1.54, 1.807) is 0 Å². The van der Waals surface area contributed by atoms with Crippen LogP contribution in [0.5, 0.6) is 0 Å². The molecule has 0 fully saturated rings. The van der Waals surface area contributed by atoms with E-state index in [2.05, 4.69) is 68.5 Å². The monoisotopic (exact) mass is 464 g/mol. The lowest BCUT2D eigenvalue weighted by Gasteiger charge is -2.31. The molecule has 0 aliphatic carbocycles. The van der Waals surface area contributed by atoms with Gasteiger partial charge in [-0.2, -0.15) is 0 Å². The van der Waals surface area contributed by atoms with E-state index in [4.69, 9.17) is 13.3 Å². The van der Waals surface area contributed by atoms with Gasteiger partial charge in [-0.3, -0.25) is 0 Å². The topological polar surface area (TPSA) is 27.7 Å². The van der Waals surface area contributed by atoms with Gasteiger partial charge in [-0.1, -0.05) is 58.2 Å². The van der Waals surface area contributed by atoms with Gasteiger partial charge in [0.2, 0.25) is 0 Å². The standard InChI is InChI=1S/C19H33IO3Si/c1-5-8-14-21-24(22-15-9-6-2,23-16-10-7-3)18-13-11-12-17(4)19(18)20/h11-13H,5-10,14-16H2,1-4H3. The number of hydrogen-bond donors (Lipinski definition) is 0. The largest absolute Gasteiger partial charge is 0.538 e. The molecule has 0 aromatic heterocycles. The lowest BCUT2D eigenvalue weighted by Crippen LogP contribution is -2.58. The maximum absolute atomic E-state index is 6.37. The minimum atomic E-state index is -2.87. The molecule has 5 heteroatoms. The smallest absolute Gasteiger partial charge is 0.370 e. The van der Waals surface area contributed by atoms with E-state index in [-0.39, 0.29) is 0 Å². The summed E-state index contributed by atoms with van der Waals surface area (Å²) in [5.74, 6) is 0. The number of rotatable bonds is 13. The van der Waals surface area contributed by atoms with Crippen molar-refractivity contribution in [3.05, 3.63) is 27.3 Å². The van der Waals surface area contributed by atoms with Crippen LogP contribution in [0.25, 0.3) is 0 Å². The first kappa shape index (κ1) is 22.1. The minimum Gasteiger partial charge on any atom is -0.370 e. The predicted octanol–water partition coefficient (Wildman–Crippen LogP) is 5.20. The van der Waals surface area contributed by atoms with Gasteiger partial charge < -0.3 is 13.3 Å². The lowest BCUT2D eigenvalue weighted by molar-refractivity contribution is 0.0698. The molecule has 0 aliphatic rings. The second kappa shape index (κ2) is 12.4. The van der Waals surface area contributed by atoms with Crippen LogP contribution in [0, 0.1) is 10.5 Å². The fourth-order valence-electron chi connectivity index (χ4n) is 2.29. The van der Waals surface area contributed by atoms with Gasteiger partial charge >= 0.3 is 8.80 Å². The first-order valence-electron chi connectivity index (χ1n) is 9.28. The van der Waals surface area contributed by atoms with E-state index >= 15 is 0 Å². The van der Waals surface area contributed by atoms with Gasteiger partial charge in [0.15, 0.2) is 0 Å². The lowest BCUT2D eigenvalue weighted by atomic mass is 10.2. The Kier molecular flexibility index (Phi) is 11.4. The van der Waals surface area contributed by atoms with Crippen molar-refractivity contribution in [1.82, 2.24) is 0 Å². The van der Waals surface area contributed by atoms with Crippen molar-refractivity contribution in [3.8, 4) is 0 Å². The van der Waals surface area contributed by atoms with Crippen molar-refractivity contribution >= 4 is 36.6 Å². The highest BCUT2D eigenvalue weighted by atomic mass is 127. The Labute approximate surface area is 163 Å². The van der Waals surface area contributed by atoms with Crippen molar-refractivity contribution < 1.29 is 13.3 Å². The average Bonchev–Trinajstić information content (AvgIpc) is 2.57. The molecule has 1 aromatic rings. The molecule has 0 heterocycles. The van der Waals surface area contributed by atoms with Crippen LogP contribution in [-0.4, -0.2) is 28.6 Å². The van der Waals surface area contributed by atoms with Crippen LogP contribution in [0.2, 0.25) is 0 Å². The van der Waals surface area contributed by atoms with Crippen LogP contribution in [0.4, 0.5) is 0 Å². The Balaban J connectivity index is 3.12. The Morgan fingerprint density at radius 2 is 1.29 bits per heavy atom. The van der Waals surface area contributed by atoms with Crippen molar-refractivity contribution in [3.63, 3.8) is 0 Å².